The van der Waals surface area contributed by atoms with Gasteiger partial charge in [-0.05, 0) is 51.2 Å². The highest BCUT2D eigenvalue weighted by Gasteiger charge is 2.24. The summed E-state index contributed by atoms with van der Waals surface area (Å²) in [5.74, 6) is 1.03. The molecule has 0 saturated carbocycles. The van der Waals surface area contributed by atoms with Crippen molar-refractivity contribution in [2.75, 3.05) is 32.7 Å². The maximum Gasteiger partial charge on any atom is 0.220 e. The number of hydrogen-bond acceptors (Lipinski definition) is 3. The van der Waals surface area contributed by atoms with E-state index in [0.29, 0.717) is 6.04 Å². The SMILES string of the molecule is CCCN(CC1CCCNC1)CC1CCC(=O)N1. The summed E-state index contributed by atoms with van der Waals surface area (Å²) in [6, 6.07) is 0.389. The lowest BCUT2D eigenvalue weighted by Gasteiger charge is -2.31. The fourth-order valence-electron chi connectivity index (χ4n) is 3.14. The predicted molar refractivity (Wildman–Crippen MR) is 73.5 cm³/mol. The summed E-state index contributed by atoms with van der Waals surface area (Å²) in [5, 5.41) is 6.57. The summed E-state index contributed by atoms with van der Waals surface area (Å²) >= 11 is 0. The maximum atomic E-state index is 11.2. The van der Waals surface area contributed by atoms with Crippen LogP contribution in [0.1, 0.15) is 39.0 Å². The fourth-order valence-corrected chi connectivity index (χ4v) is 3.14. The predicted octanol–water partition coefficient (Wildman–Crippen LogP) is 0.977. The van der Waals surface area contributed by atoms with Gasteiger partial charge in [0.1, 0.15) is 0 Å². The van der Waals surface area contributed by atoms with Crippen molar-refractivity contribution in [1.29, 1.82) is 0 Å². The first-order valence-corrected chi connectivity index (χ1v) is 7.50. The molecule has 2 fully saturated rings. The van der Waals surface area contributed by atoms with Crippen LogP contribution in [0.5, 0.6) is 0 Å². The number of nitrogens with zero attached hydrogens (tertiary/aromatic N) is 1. The van der Waals surface area contributed by atoms with Crippen molar-refractivity contribution in [2.45, 2.75) is 45.1 Å². The molecule has 4 heteroatoms. The van der Waals surface area contributed by atoms with Crippen molar-refractivity contribution in [2.24, 2.45) is 5.92 Å². The van der Waals surface area contributed by atoms with Gasteiger partial charge in [0.25, 0.3) is 0 Å². The Morgan fingerprint density at radius 3 is 2.83 bits per heavy atom. The van der Waals surface area contributed by atoms with Crippen LogP contribution in [-0.4, -0.2) is 49.6 Å². The van der Waals surface area contributed by atoms with E-state index in [-0.39, 0.29) is 5.91 Å². The van der Waals surface area contributed by atoms with Crippen LogP contribution in [0.2, 0.25) is 0 Å². The van der Waals surface area contributed by atoms with Crippen LogP contribution in [0, 0.1) is 5.92 Å². The number of piperidine rings is 1. The molecule has 2 aliphatic heterocycles. The molecule has 2 saturated heterocycles. The Hall–Kier alpha value is -0.610. The number of rotatable bonds is 6. The minimum atomic E-state index is 0.232. The average molecular weight is 253 g/mol. The standard InChI is InChI=1S/C14H27N3O/c1-2-8-17(10-12-4-3-7-15-9-12)11-13-5-6-14(18)16-13/h12-13,15H,2-11H2,1H3,(H,16,18). The molecule has 2 rings (SSSR count). The van der Waals surface area contributed by atoms with E-state index >= 15 is 0 Å². The first kappa shape index (κ1) is 13.8. The summed E-state index contributed by atoms with van der Waals surface area (Å²) in [6.07, 6.45) is 5.59. The van der Waals surface area contributed by atoms with Gasteiger partial charge in [-0.2, -0.15) is 0 Å². The van der Waals surface area contributed by atoms with Gasteiger partial charge >= 0.3 is 0 Å². The van der Waals surface area contributed by atoms with Crippen molar-refractivity contribution in [3.05, 3.63) is 0 Å². The highest BCUT2D eigenvalue weighted by molar-refractivity contribution is 5.78. The topological polar surface area (TPSA) is 44.4 Å². The lowest BCUT2D eigenvalue weighted by atomic mass is 9.98. The van der Waals surface area contributed by atoms with E-state index in [2.05, 4.69) is 22.5 Å². The minimum Gasteiger partial charge on any atom is -0.352 e. The summed E-state index contributed by atoms with van der Waals surface area (Å²) in [5.41, 5.74) is 0. The monoisotopic (exact) mass is 253 g/mol. The van der Waals surface area contributed by atoms with Gasteiger partial charge in [-0.25, -0.2) is 0 Å². The van der Waals surface area contributed by atoms with E-state index in [4.69, 9.17) is 0 Å². The molecule has 2 aliphatic rings. The molecule has 0 bridgehead atoms. The summed E-state index contributed by atoms with van der Waals surface area (Å²) in [4.78, 5) is 13.8. The summed E-state index contributed by atoms with van der Waals surface area (Å²) < 4.78 is 0. The van der Waals surface area contributed by atoms with E-state index < -0.39 is 0 Å². The Balaban J connectivity index is 1.77. The molecular formula is C14H27N3O. The number of carbonyl (C=O) groups is 1. The van der Waals surface area contributed by atoms with Crippen molar-refractivity contribution < 1.29 is 4.79 Å². The molecule has 18 heavy (non-hydrogen) atoms. The molecule has 0 radical (unpaired) electrons. The molecule has 0 aromatic heterocycles. The lowest BCUT2D eigenvalue weighted by molar-refractivity contribution is -0.119. The zero-order valence-corrected chi connectivity index (χ0v) is 11.6. The van der Waals surface area contributed by atoms with Crippen LogP contribution in [0.4, 0.5) is 0 Å². The van der Waals surface area contributed by atoms with Crippen LogP contribution in [0.25, 0.3) is 0 Å². The second-order valence-electron chi connectivity index (χ2n) is 5.78. The third-order valence-electron chi connectivity index (χ3n) is 4.02. The molecule has 0 spiro atoms. The third-order valence-corrected chi connectivity index (χ3v) is 4.02. The van der Waals surface area contributed by atoms with Crippen molar-refractivity contribution in [3.63, 3.8) is 0 Å². The Kier molecular flexibility index (Phi) is 5.45. The van der Waals surface area contributed by atoms with Crippen molar-refractivity contribution >= 4 is 5.91 Å². The Labute approximate surface area is 110 Å². The first-order valence-electron chi connectivity index (χ1n) is 7.50. The molecular weight excluding hydrogens is 226 g/mol. The molecule has 4 nitrogen and oxygen atoms in total. The number of nitrogens with one attached hydrogen (secondary N) is 2. The molecule has 2 heterocycles. The fraction of sp³-hybridized carbons (Fsp3) is 0.929. The van der Waals surface area contributed by atoms with E-state index in [1.165, 1.54) is 32.4 Å². The van der Waals surface area contributed by atoms with Crippen molar-refractivity contribution in [1.82, 2.24) is 15.5 Å². The van der Waals surface area contributed by atoms with Gasteiger partial charge in [-0.1, -0.05) is 6.92 Å². The summed E-state index contributed by atoms with van der Waals surface area (Å²) in [7, 11) is 0. The second-order valence-corrected chi connectivity index (χ2v) is 5.78. The van der Waals surface area contributed by atoms with Crippen LogP contribution < -0.4 is 10.6 Å². The van der Waals surface area contributed by atoms with Crippen LogP contribution >= 0.6 is 0 Å². The molecule has 1 amide bonds. The molecule has 2 unspecified atom stereocenters. The second kappa shape index (κ2) is 7.10. The van der Waals surface area contributed by atoms with Gasteiger partial charge in [0.2, 0.25) is 5.91 Å². The average Bonchev–Trinajstić information content (AvgIpc) is 2.76. The molecule has 2 N–H and O–H groups in total. The quantitative estimate of drug-likeness (QED) is 0.741. The van der Waals surface area contributed by atoms with Crippen LogP contribution in [0.15, 0.2) is 0 Å². The van der Waals surface area contributed by atoms with Crippen LogP contribution in [-0.2, 0) is 4.79 Å². The Morgan fingerprint density at radius 1 is 1.33 bits per heavy atom. The number of carbonyl (C=O) groups excluding carboxylic acids is 1. The molecule has 2 atom stereocenters. The molecule has 0 aromatic rings. The normalized spacial score (nSPS) is 28.7. The van der Waals surface area contributed by atoms with E-state index in [9.17, 15) is 4.79 Å². The first-order chi connectivity index (χ1) is 8.78. The third kappa shape index (κ3) is 4.25. The molecule has 0 aliphatic carbocycles. The van der Waals surface area contributed by atoms with Gasteiger partial charge in [-0.3, -0.25) is 4.79 Å². The highest BCUT2D eigenvalue weighted by Crippen LogP contribution is 2.14. The Bertz CT molecular complexity index is 264. The van der Waals surface area contributed by atoms with Gasteiger partial charge in [-0.15, -0.1) is 0 Å². The van der Waals surface area contributed by atoms with E-state index in [0.717, 1.165) is 38.4 Å². The molecule has 0 aromatic carbocycles. The number of amides is 1. The smallest absolute Gasteiger partial charge is 0.220 e. The van der Waals surface area contributed by atoms with Crippen molar-refractivity contribution in [3.8, 4) is 0 Å². The van der Waals surface area contributed by atoms with E-state index in [1.807, 2.05) is 0 Å². The summed E-state index contributed by atoms with van der Waals surface area (Å²) in [6.45, 7) is 7.96. The largest absolute Gasteiger partial charge is 0.352 e. The zero-order chi connectivity index (χ0) is 12.8. The van der Waals surface area contributed by atoms with Gasteiger partial charge in [0.15, 0.2) is 0 Å². The van der Waals surface area contributed by atoms with Gasteiger partial charge in [0, 0.05) is 25.6 Å². The zero-order valence-electron chi connectivity index (χ0n) is 11.6. The van der Waals surface area contributed by atoms with Crippen LogP contribution in [0.3, 0.4) is 0 Å². The maximum absolute atomic E-state index is 11.2. The minimum absolute atomic E-state index is 0.232. The van der Waals surface area contributed by atoms with E-state index in [1.54, 1.807) is 0 Å². The lowest BCUT2D eigenvalue weighted by Crippen LogP contribution is -2.44. The molecule has 104 valence electrons. The Morgan fingerprint density at radius 2 is 2.22 bits per heavy atom. The van der Waals surface area contributed by atoms with Gasteiger partial charge < -0.3 is 15.5 Å². The highest BCUT2D eigenvalue weighted by atomic mass is 16.1. The van der Waals surface area contributed by atoms with Gasteiger partial charge in [0.05, 0.1) is 0 Å². The number of hydrogen-bond donors (Lipinski definition) is 2.